The molecular weight excluding hydrogens is 505 g/mol. The summed E-state index contributed by atoms with van der Waals surface area (Å²) in [7, 11) is -3.68. The Bertz CT molecular complexity index is 1250. The van der Waals surface area contributed by atoms with Crippen LogP contribution < -0.4 is 15.3 Å². The second-order valence-corrected chi connectivity index (χ2v) is 10.5. The zero-order valence-corrected chi connectivity index (χ0v) is 21.1. The quantitative estimate of drug-likeness (QED) is 0.264. The maximum absolute atomic E-state index is 13.1. The number of aromatic nitrogens is 1. The molecule has 2 aromatic carbocycles. The molecule has 0 spiro atoms. The molecule has 0 saturated carbocycles. The number of rotatable bonds is 12. The van der Waals surface area contributed by atoms with Gasteiger partial charge in [0.25, 0.3) is 0 Å². The van der Waals surface area contributed by atoms with E-state index in [1.807, 2.05) is 6.92 Å². The monoisotopic (exact) mass is 533 g/mol. The fourth-order valence-corrected chi connectivity index (χ4v) is 5.14. The number of hydrogen-bond donors (Lipinski definition) is 4. The molecule has 1 atom stereocenters. The number of hydrogen-bond acceptors (Lipinski definition) is 7. The summed E-state index contributed by atoms with van der Waals surface area (Å²) in [5.41, 5.74) is 1.27. The number of H-pyrrole nitrogens is 1. The fourth-order valence-electron chi connectivity index (χ4n) is 3.63. The predicted molar refractivity (Wildman–Crippen MR) is 135 cm³/mol. The van der Waals surface area contributed by atoms with E-state index in [-0.39, 0.29) is 41.0 Å². The van der Waals surface area contributed by atoms with E-state index >= 15 is 0 Å². The molecule has 0 radical (unpaired) electrons. The minimum absolute atomic E-state index is 0. The van der Waals surface area contributed by atoms with Gasteiger partial charge in [-0.2, -0.15) is 0 Å². The highest BCUT2D eigenvalue weighted by molar-refractivity contribution is 7.89. The second kappa shape index (κ2) is 12.1. The molecule has 0 saturated heterocycles. The Morgan fingerprint density at radius 3 is 2.56 bits per heavy atom. The number of sulfonamides is 1. The van der Waals surface area contributed by atoms with Gasteiger partial charge in [0.05, 0.1) is 17.1 Å². The van der Waals surface area contributed by atoms with Gasteiger partial charge >= 0.3 is 4.87 Å². The number of fused-ring (bicyclic) bond motifs is 1. The fraction of sp³-hybridized carbons (Fsp3) is 0.409. The number of halogens is 2. The zero-order chi connectivity index (χ0) is 24.1. The van der Waals surface area contributed by atoms with Crippen LogP contribution in [-0.4, -0.2) is 43.1 Å². The lowest BCUT2D eigenvalue weighted by Gasteiger charge is -2.34. The van der Waals surface area contributed by atoms with Crippen LogP contribution >= 0.6 is 23.7 Å². The van der Waals surface area contributed by atoms with Gasteiger partial charge in [0, 0.05) is 13.0 Å². The van der Waals surface area contributed by atoms with Crippen LogP contribution in [-0.2, 0) is 27.6 Å². The summed E-state index contributed by atoms with van der Waals surface area (Å²) in [5.74, 6) is -0.541. The number of nitrogens with two attached hydrogens (primary N) is 1. The third-order valence-corrected chi connectivity index (χ3v) is 7.26. The summed E-state index contributed by atoms with van der Waals surface area (Å²) in [6.45, 7) is 2.64. The van der Waals surface area contributed by atoms with E-state index in [2.05, 4.69) is 10.3 Å². The molecule has 1 unspecified atom stereocenters. The van der Waals surface area contributed by atoms with Gasteiger partial charge in [0.2, 0.25) is 10.0 Å². The van der Waals surface area contributed by atoms with Crippen molar-refractivity contribution in [2.24, 2.45) is 5.14 Å². The predicted octanol–water partition coefficient (Wildman–Crippen LogP) is 3.03. The van der Waals surface area contributed by atoms with Crippen molar-refractivity contribution in [2.75, 3.05) is 18.9 Å². The molecular formula is C22H29ClFN3O5S2. The molecule has 12 heteroatoms. The van der Waals surface area contributed by atoms with Crippen molar-refractivity contribution in [3.8, 4) is 5.75 Å². The standard InChI is InChI=1S/C22H28FN3O5S2.ClH/c1-2-22(11-14-33(24,29)30,31-13-10-15-3-6-17(23)7-4-15)25-12-9-16-5-8-18(27)19-20(16)32-21(28)26-19;/h3-8,25,27H,2,9-14H2,1H3,(H,26,28)(H2,24,29,30);1H. The van der Waals surface area contributed by atoms with Crippen molar-refractivity contribution in [2.45, 2.75) is 38.3 Å². The Labute approximate surface area is 207 Å². The number of aromatic amines is 1. The molecule has 1 heterocycles. The smallest absolute Gasteiger partial charge is 0.305 e. The van der Waals surface area contributed by atoms with E-state index in [1.54, 1.807) is 18.2 Å². The third kappa shape index (κ3) is 7.76. The Balaban J connectivity index is 0.00000408. The van der Waals surface area contributed by atoms with E-state index in [0.29, 0.717) is 42.6 Å². The molecule has 0 aliphatic rings. The van der Waals surface area contributed by atoms with Crippen LogP contribution in [0.5, 0.6) is 5.75 Å². The third-order valence-electron chi connectivity index (χ3n) is 5.52. The summed E-state index contributed by atoms with van der Waals surface area (Å²) in [4.78, 5) is 14.1. The van der Waals surface area contributed by atoms with Crippen LogP contribution in [0.25, 0.3) is 10.2 Å². The summed E-state index contributed by atoms with van der Waals surface area (Å²) >= 11 is 1.03. The highest BCUT2D eigenvalue weighted by Gasteiger charge is 2.30. The lowest BCUT2D eigenvalue weighted by molar-refractivity contribution is -0.0744. The van der Waals surface area contributed by atoms with Gasteiger partial charge in [0.15, 0.2) is 0 Å². The Morgan fingerprint density at radius 2 is 1.91 bits per heavy atom. The number of ether oxygens (including phenoxy) is 1. The number of nitrogens with one attached hydrogen (secondary N) is 2. The van der Waals surface area contributed by atoms with Gasteiger partial charge in [-0.15, -0.1) is 12.4 Å². The number of thiazole rings is 1. The molecule has 34 heavy (non-hydrogen) atoms. The minimum Gasteiger partial charge on any atom is -0.506 e. The first-order valence-corrected chi connectivity index (χ1v) is 13.1. The Morgan fingerprint density at radius 1 is 1.21 bits per heavy atom. The largest absolute Gasteiger partial charge is 0.506 e. The summed E-state index contributed by atoms with van der Waals surface area (Å²) in [6.07, 6.45) is 1.72. The SMILES string of the molecule is CCC(CCS(N)(=O)=O)(NCCc1ccc(O)c2[nH]c(=O)sc12)OCCc1ccc(F)cc1.Cl. The average Bonchev–Trinajstić information content (AvgIpc) is 3.17. The van der Waals surface area contributed by atoms with Crippen molar-refractivity contribution >= 4 is 44.0 Å². The van der Waals surface area contributed by atoms with Crippen LogP contribution in [0.4, 0.5) is 4.39 Å². The molecule has 0 aliphatic carbocycles. The van der Waals surface area contributed by atoms with Crippen molar-refractivity contribution in [1.82, 2.24) is 10.3 Å². The zero-order valence-electron chi connectivity index (χ0n) is 18.7. The minimum atomic E-state index is -3.68. The van der Waals surface area contributed by atoms with Gasteiger partial charge in [-0.25, -0.2) is 17.9 Å². The van der Waals surface area contributed by atoms with Crippen LogP contribution in [0, 0.1) is 5.82 Å². The van der Waals surface area contributed by atoms with Crippen molar-refractivity contribution in [1.29, 1.82) is 0 Å². The number of primary sulfonamides is 1. The lowest BCUT2D eigenvalue weighted by Crippen LogP contribution is -2.50. The van der Waals surface area contributed by atoms with Gasteiger partial charge < -0.3 is 14.8 Å². The maximum atomic E-state index is 13.1. The molecule has 3 aromatic rings. The van der Waals surface area contributed by atoms with Crippen LogP contribution in [0.2, 0.25) is 0 Å². The number of phenolic OH excluding ortho intramolecular Hbond substituents is 1. The molecule has 0 fully saturated rings. The van der Waals surface area contributed by atoms with Gasteiger partial charge in [-0.05, 0) is 48.6 Å². The van der Waals surface area contributed by atoms with E-state index in [4.69, 9.17) is 9.88 Å². The highest BCUT2D eigenvalue weighted by Crippen LogP contribution is 2.28. The Kier molecular flexibility index (Phi) is 10.0. The van der Waals surface area contributed by atoms with Crippen LogP contribution in [0.3, 0.4) is 0 Å². The first-order valence-electron chi connectivity index (χ1n) is 10.6. The van der Waals surface area contributed by atoms with Crippen molar-refractivity contribution < 1.29 is 22.7 Å². The van der Waals surface area contributed by atoms with E-state index in [1.165, 1.54) is 18.2 Å². The average molecular weight is 534 g/mol. The van der Waals surface area contributed by atoms with Crippen LogP contribution in [0.1, 0.15) is 30.9 Å². The van der Waals surface area contributed by atoms with Gasteiger partial charge in [-0.1, -0.05) is 36.5 Å². The second-order valence-electron chi connectivity index (χ2n) is 7.83. The highest BCUT2D eigenvalue weighted by atomic mass is 35.5. The van der Waals surface area contributed by atoms with Crippen molar-refractivity contribution in [3.05, 3.63) is 63.0 Å². The molecule has 0 aliphatic heterocycles. The number of benzene rings is 2. The van der Waals surface area contributed by atoms with Crippen LogP contribution in [0.15, 0.2) is 41.2 Å². The lowest BCUT2D eigenvalue weighted by atomic mass is 10.1. The van der Waals surface area contributed by atoms with Crippen molar-refractivity contribution in [3.63, 3.8) is 0 Å². The van der Waals surface area contributed by atoms with E-state index in [0.717, 1.165) is 22.5 Å². The topological polar surface area (TPSA) is 135 Å². The van der Waals surface area contributed by atoms with Gasteiger partial charge in [0.1, 0.15) is 22.8 Å². The normalized spacial score (nSPS) is 13.5. The van der Waals surface area contributed by atoms with Gasteiger partial charge in [-0.3, -0.25) is 10.1 Å². The molecule has 8 nitrogen and oxygen atoms in total. The first kappa shape index (κ1) is 28.2. The molecule has 3 rings (SSSR count). The number of aromatic hydroxyl groups is 1. The molecule has 0 bridgehead atoms. The molecule has 1 aromatic heterocycles. The van der Waals surface area contributed by atoms with E-state index in [9.17, 15) is 22.7 Å². The first-order chi connectivity index (χ1) is 15.6. The maximum Gasteiger partial charge on any atom is 0.305 e. The molecule has 5 N–H and O–H groups in total. The summed E-state index contributed by atoms with van der Waals surface area (Å²) in [6, 6.07) is 9.43. The molecule has 0 amide bonds. The summed E-state index contributed by atoms with van der Waals surface area (Å²) in [5, 5.41) is 18.5. The molecule has 188 valence electrons. The Hall–Kier alpha value is -2.02. The number of phenols is 1. The van der Waals surface area contributed by atoms with E-state index < -0.39 is 15.7 Å². The summed E-state index contributed by atoms with van der Waals surface area (Å²) < 4.78 is 43.1.